The molecular formula is C17H20BrNO. The Bertz CT molecular complexity index is 583. The van der Waals surface area contributed by atoms with E-state index in [1.165, 1.54) is 11.1 Å². The fourth-order valence-electron chi connectivity index (χ4n) is 2.28. The van der Waals surface area contributed by atoms with E-state index in [1.54, 1.807) is 7.11 Å². The first-order valence-corrected chi connectivity index (χ1v) is 7.60. The average molecular weight is 334 g/mol. The van der Waals surface area contributed by atoms with Crippen LogP contribution in [0.4, 0.5) is 5.69 Å². The maximum Gasteiger partial charge on any atom is 0.124 e. The summed E-state index contributed by atoms with van der Waals surface area (Å²) in [5, 5.41) is 3.59. The summed E-state index contributed by atoms with van der Waals surface area (Å²) in [6.45, 7) is 4.26. The second-order valence-corrected chi connectivity index (χ2v) is 5.68. The monoisotopic (exact) mass is 333 g/mol. The van der Waals surface area contributed by atoms with Gasteiger partial charge in [0.1, 0.15) is 5.75 Å². The van der Waals surface area contributed by atoms with Gasteiger partial charge in [-0.2, -0.15) is 0 Å². The van der Waals surface area contributed by atoms with Gasteiger partial charge in [0, 0.05) is 15.7 Å². The number of halogens is 1. The second kappa shape index (κ2) is 6.80. The van der Waals surface area contributed by atoms with Crippen molar-refractivity contribution in [3.8, 4) is 5.75 Å². The van der Waals surface area contributed by atoms with Crippen molar-refractivity contribution in [2.24, 2.45) is 0 Å². The quantitative estimate of drug-likeness (QED) is 0.798. The minimum atomic E-state index is 0.227. The van der Waals surface area contributed by atoms with Crippen LogP contribution in [0.25, 0.3) is 0 Å². The van der Waals surface area contributed by atoms with Crippen LogP contribution in [0.3, 0.4) is 0 Å². The molecule has 0 aliphatic heterocycles. The largest absolute Gasteiger partial charge is 0.496 e. The summed E-state index contributed by atoms with van der Waals surface area (Å²) in [6, 6.07) is 14.7. The van der Waals surface area contributed by atoms with Crippen LogP contribution in [0, 0.1) is 6.92 Å². The molecule has 0 saturated carbocycles. The van der Waals surface area contributed by atoms with E-state index in [-0.39, 0.29) is 6.04 Å². The summed E-state index contributed by atoms with van der Waals surface area (Å²) in [5.74, 6) is 0.926. The molecule has 0 spiro atoms. The van der Waals surface area contributed by atoms with Gasteiger partial charge in [0.15, 0.2) is 0 Å². The highest BCUT2D eigenvalue weighted by molar-refractivity contribution is 9.10. The maximum absolute atomic E-state index is 5.46. The van der Waals surface area contributed by atoms with Gasteiger partial charge >= 0.3 is 0 Å². The maximum atomic E-state index is 5.46. The van der Waals surface area contributed by atoms with Crippen molar-refractivity contribution in [1.82, 2.24) is 0 Å². The number of para-hydroxylation sites is 1. The first kappa shape index (κ1) is 14.9. The molecule has 0 aliphatic rings. The molecule has 0 heterocycles. The SMILES string of the molecule is CCC(Nc1ccc(C)cc1Br)c1ccccc1OC. The van der Waals surface area contributed by atoms with Crippen molar-refractivity contribution >= 4 is 21.6 Å². The van der Waals surface area contributed by atoms with E-state index >= 15 is 0 Å². The molecule has 20 heavy (non-hydrogen) atoms. The zero-order chi connectivity index (χ0) is 14.5. The summed E-state index contributed by atoms with van der Waals surface area (Å²) in [7, 11) is 1.72. The molecule has 3 heteroatoms. The number of methoxy groups -OCH3 is 1. The van der Waals surface area contributed by atoms with E-state index in [4.69, 9.17) is 4.74 Å². The lowest BCUT2D eigenvalue weighted by Crippen LogP contribution is -2.11. The minimum Gasteiger partial charge on any atom is -0.496 e. The molecule has 0 saturated heterocycles. The van der Waals surface area contributed by atoms with Gasteiger partial charge in [0.2, 0.25) is 0 Å². The Morgan fingerprint density at radius 1 is 1.20 bits per heavy atom. The summed E-state index contributed by atoms with van der Waals surface area (Å²) in [5.41, 5.74) is 3.53. The van der Waals surface area contributed by atoms with Crippen LogP contribution in [0.15, 0.2) is 46.9 Å². The van der Waals surface area contributed by atoms with Gasteiger partial charge in [-0.15, -0.1) is 0 Å². The molecule has 2 rings (SSSR count). The van der Waals surface area contributed by atoms with Gasteiger partial charge < -0.3 is 10.1 Å². The van der Waals surface area contributed by atoms with Crippen molar-refractivity contribution in [3.63, 3.8) is 0 Å². The van der Waals surface area contributed by atoms with Crippen molar-refractivity contribution in [2.75, 3.05) is 12.4 Å². The van der Waals surface area contributed by atoms with Gasteiger partial charge in [-0.25, -0.2) is 0 Å². The number of hydrogen-bond donors (Lipinski definition) is 1. The van der Waals surface area contributed by atoms with Gasteiger partial charge in [-0.05, 0) is 53.0 Å². The Labute approximate surface area is 129 Å². The molecule has 2 aromatic rings. The van der Waals surface area contributed by atoms with Gasteiger partial charge in [-0.1, -0.05) is 31.2 Å². The van der Waals surface area contributed by atoms with Crippen molar-refractivity contribution in [1.29, 1.82) is 0 Å². The highest BCUT2D eigenvalue weighted by Gasteiger charge is 2.14. The van der Waals surface area contributed by atoms with Crippen LogP contribution in [-0.4, -0.2) is 7.11 Å². The topological polar surface area (TPSA) is 21.3 Å². The molecule has 0 fully saturated rings. The number of ether oxygens (including phenoxy) is 1. The fourth-order valence-corrected chi connectivity index (χ4v) is 2.89. The van der Waals surface area contributed by atoms with Crippen LogP contribution in [-0.2, 0) is 0 Å². The Kier molecular flexibility index (Phi) is 5.07. The van der Waals surface area contributed by atoms with Gasteiger partial charge in [0.25, 0.3) is 0 Å². The summed E-state index contributed by atoms with van der Waals surface area (Å²) in [4.78, 5) is 0. The number of hydrogen-bond acceptors (Lipinski definition) is 2. The van der Waals surface area contributed by atoms with Crippen LogP contribution in [0.5, 0.6) is 5.75 Å². The van der Waals surface area contributed by atoms with Gasteiger partial charge in [0.05, 0.1) is 13.2 Å². The molecule has 0 aromatic heterocycles. The second-order valence-electron chi connectivity index (χ2n) is 4.83. The van der Waals surface area contributed by atoms with E-state index in [9.17, 15) is 0 Å². The lowest BCUT2D eigenvalue weighted by molar-refractivity contribution is 0.406. The van der Waals surface area contributed by atoms with Crippen LogP contribution in [0.2, 0.25) is 0 Å². The molecule has 0 amide bonds. The molecule has 0 aliphatic carbocycles. The molecule has 0 bridgehead atoms. The normalized spacial score (nSPS) is 12.0. The molecule has 1 N–H and O–H groups in total. The highest BCUT2D eigenvalue weighted by Crippen LogP contribution is 2.32. The smallest absolute Gasteiger partial charge is 0.124 e. The van der Waals surface area contributed by atoms with E-state index in [0.717, 1.165) is 22.3 Å². The molecule has 1 atom stereocenters. The molecule has 2 nitrogen and oxygen atoms in total. The van der Waals surface area contributed by atoms with E-state index in [2.05, 4.69) is 59.4 Å². The standard InChI is InChI=1S/C17H20BrNO/c1-4-15(13-7-5-6-8-17(13)20-3)19-16-10-9-12(2)11-14(16)18/h5-11,15,19H,4H2,1-3H3. The summed E-state index contributed by atoms with van der Waals surface area (Å²) in [6.07, 6.45) is 0.987. The first-order chi connectivity index (χ1) is 9.65. The van der Waals surface area contributed by atoms with E-state index < -0.39 is 0 Å². The third-order valence-corrected chi connectivity index (χ3v) is 4.03. The van der Waals surface area contributed by atoms with Crippen LogP contribution >= 0.6 is 15.9 Å². The zero-order valence-corrected chi connectivity index (χ0v) is 13.7. The van der Waals surface area contributed by atoms with Crippen LogP contribution in [0.1, 0.15) is 30.5 Å². The lowest BCUT2D eigenvalue weighted by atomic mass is 10.0. The van der Waals surface area contributed by atoms with Crippen LogP contribution < -0.4 is 10.1 Å². The third kappa shape index (κ3) is 3.34. The number of aryl methyl sites for hydroxylation is 1. The van der Waals surface area contributed by atoms with Crippen molar-refractivity contribution in [2.45, 2.75) is 26.3 Å². The minimum absolute atomic E-state index is 0.227. The van der Waals surface area contributed by atoms with Crippen molar-refractivity contribution in [3.05, 3.63) is 58.1 Å². The zero-order valence-electron chi connectivity index (χ0n) is 12.1. The predicted molar refractivity (Wildman–Crippen MR) is 88.5 cm³/mol. The summed E-state index contributed by atoms with van der Waals surface area (Å²) < 4.78 is 6.55. The predicted octanol–water partition coefficient (Wildman–Crippen LogP) is 5.33. The van der Waals surface area contributed by atoms with E-state index in [1.807, 2.05) is 18.2 Å². The Balaban J connectivity index is 2.29. The number of anilines is 1. The Hall–Kier alpha value is -1.48. The Morgan fingerprint density at radius 3 is 2.60 bits per heavy atom. The number of nitrogens with one attached hydrogen (secondary N) is 1. The fraction of sp³-hybridized carbons (Fsp3) is 0.294. The van der Waals surface area contributed by atoms with Gasteiger partial charge in [-0.3, -0.25) is 0 Å². The van der Waals surface area contributed by atoms with Crippen molar-refractivity contribution < 1.29 is 4.74 Å². The molecule has 0 radical (unpaired) electrons. The average Bonchev–Trinajstić information content (AvgIpc) is 2.46. The molecule has 1 unspecified atom stereocenters. The molecule has 106 valence electrons. The molecular weight excluding hydrogens is 314 g/mol. The number of benzene rings is 2. The molecule has 2 aromatic carbocycles. The Morgan fingerprint density at radius 2 is 1.95 bits per heavy atom. The lowest BCUT2D eigenvalue weighted by Gasteiger charge is -2.22. The van der Waals surface area contributed by atoms with E-state index in [0.29, 0.717) is 0 Å². The number of rotatable bonds is 5. The first-order valence-electron chi connectivity index (χ1n) is 6.81. The highest BCUT2D eigenvalue weighted by atomic mass is 79.9. The third-order valence-electron chi connectivity index (χ3n) is 3.38. The summed E-state index contributed by atoms with van der Waals surface area (Å²) >= 11 is 3.62.